The number of carbonyl (C=O) groups is 1. The molecular formula is C13H19NO3. The summed E-state index contributed by atoms with van der Waals surface area (Å²) >= 11 is 0. The molecule has 1 aliphatic rings. The Kier molecular flexibility index (Phi) is 3.52. The second kappa shape index (κ2) is 4.92. The summed E-state index contributed by atoms with van der Waals surface area (Å²) in [5, 5.41) is 0. The lowest BCUT2D eigenvalue weighted by molar-refractivity contribution is 0.00915. The summed E-state index contributed by atoms with van der Waals surface area (Å²) < 4.78 is 10.3. The Morgan fingerprint density at radius 2 is 2.18 bits per heavy atom. The second-order valence-corrected chi connectivity index (χ2v) is 5.10. The Bertz CT molecular complexity index is 366. The minimum Gasteiger partial charge on any atom is -0.472 e. The number of ether oxygens (including phenoxy) is 1. The van der Waals surface area contributed by atoms with Crippen molar-refractivity contribution in [1.29, 1.82) is 0 Å². The van der Waals surface area contributed by atoms with Gasteiger partial charge in [0.05, 0.1) is 11.8 Å². The molecule has 1 amide bonds. The largest absolute Gasteiger partial charge is 0.472 e. The minimum atomic E-state index is 0.0199. The summed E-state index contributed by atoms with van der Waals surface area (Å²) in [6.07, 6.45) is 5.04. The average molecular weight is 237 g/mol. The lowest BCUT2D eigenvalue weighted by atomic mass is 9.82. The third-order valence-electron chi connectivity index (χ3n) is 3.43. The molecule has 0 atom stereocenters. The molecule has 2 heterocycles. The van der Waals surface area contributed by atoms with Crippen molar-refractivity contribution in [3.8, 4) is 0 Å². The number of furan rings is 1. The highest BCUT2D eigenvalue weighted by atomic mass is 16.5. The molecule has 0 N–H and O–H groups in total. The van der Waals surface area contributed by atoms with Crippen molar-refractivity contribution >= 4 is 5.91 Å². The molecule has 0 aliphatic carbocycles. The molecule has 17 heavy (non-hydrogen) atoms. The Labute approximate surface area is 102 Å². The molecule has 0 aromatic carbocycles. The Balaban J connectivity index is 1.96. The van der Waals surface area contributed by atoms with Crippen LogP contribution in [0.5, 0.6) is 0 Å². The minimum absolute atomic E-state index is 0.0199. The van der Waals surface area contributed by atoms with Crippen LogP contribution < -0.4 is 0 Å². The summed E-state index contributed by atoms with van der Waals surface area (Å²) in [7, 11) is 1.84. The third kappa shape index (κ3) is 2.88. The van der Waals surface area contributed by atoms with Crippen molar-refractivity contribution < 1.29 is 13.9 Å². The maximum absolute atomic E-state index is 12.1. The van der Waals surface area contributed by atoms with Gasteiger partial charge in [0.2, 0.25) is 0 Å². The van der Waals surface area contributed by atoms with E-state index in [1.54, 1.807) is 11.0 Å². The van der Waals surface area contributed by atoms with Gasteiger partial charge in [-0.1, -0.05) is 6.92 Å². The second-order valence-electron chi connectivity index (χ2n) is 5.10. The zero-order valence-electron chi connectivity index (χ0n) is 10.4. The van der Waals surface area contributed by atoms with Crippen LogP contribution >= 0.6 is 0 Å². The summed E-state index contributed by atoms with van der Waals surface area (Å²) in [4.78, 5) is 13.8. The smallest absolute Gasteiger partial charge is 0.256 e. The normalized spacial score (nSPS) is 18.9. The van der Waals surface area contributed by atoms with Crippen molar-refractivity contribution in [3.05, 3.63) is 24.2 Å². The summed E-state index contributed by atoms with van der Waals surface area (Å²) in [6, 6.07) is 1.70. The quantitative estimate of drug-likeness (QED) is 0.809. The van der Waals surface area contributed by atoms with Gasteiger partial charge in [-0.15, -0.1) is 0 Å². The molecule has 1 aliphatic heterocycles. The van der Waals surface area contributed by atoms with Crippen LogP contribution in [0.1, 0.15) is 30.1 Å². The van der Waals surface area contributed by atoms with E-state index in [4.69, 9.17) is 9.15 Å². The van der Waals surface area contributed by atoms with Crippen LogP contribution in [0.15, 0.2) is 23.0 Å². The first-order valence-corrected chi connectivity index (χ1v) is 5.96. The van der Waals surface area contributed by atoms with Crippen molar-refractivity contribution in [2.24, 2.45) is 5.41 Å². The van der Waals surface area contributed by atoms with Gasteiger partial charge in [0, 0.05) is 26.8 Å². The summed E-state index contributed by atoms with van der Waals surface area (Å²) in [6.45, 7) is 4.57. The molecule has 0 bridgehead atoms. The van der Waals surface area contributed by atoms with Crippen LogP contribution in [0.25, 0.3) is 0 Å². The predicted molar refractivity (Wildman–Crippen MR) is 63.8 cm³/mol. The molecule has 1 fully saturated rings. The molecular weight excluding hydrogens is 218 g/mol. The molecule has 1 saturated heterocycles. The van der Waals surface area contributed by atoms with E-state index in [1.807, 2.05) is 7.05 Å². The van der Waals surface area contributed by atoms with Crippen molar-refractivity contribution in [2.45, 2.75) is 19.8 Å². The summed E-state index contributed by atoms with van der Waals surface area (Å²) in [5.74, 6) is 0.0199. The molecule has 4 nitrogen and oxygen atoms in total. The van der Waals surface area contributed by atoms with Crippen LogP contribution in [0, 0.1) is 5.41 Å². The molecule has 1 aromatic rings. The predicted octanol–water partition coefficient (Wildman–Crippen LogP) is 2.17. The van der Waals surface area contributed by atoms with Gasteiger partial charge < -0.3 is 14.1 Å². The van der Waals surface area contributed by atoms with E-state index in [1.165, 1.54) is 12.5 Å². The number of rotatable bonds is 3. The van der Waals surface area contributed by atoms with E-state index in [2.05, 4.69) is 6.92 Å². The molecule has 0 saturated carbocycles. The van der Waals surface area contributed by atoms with E-state index in [-0.39, 0.29) is 11.3 Å². The molecule has 4 heteroatoms. The highest BCUT2D eigenvalue weighted by molar-refractivity contribution is 5.93. The van der Waals surface area contributed by atoms with Crippen LogP contribution in [0.4, 0.5) is 0 Å². The van der Waals surface area contributed by atoms with Gasteiger partial charge in [0.1, 0.15) is 6.26 Å². The fourth-order valence-corrected chi connectivity index (χ4v) is 2.27. The molecule has 0 unspecified atom stereocenters. The Hall–Kier alpha value is -1.29. The van der Waals surface area contributed by atoms with Crippen molar-refractivity contribution in [2.75, 3.05) is 26.8 Å². The zero-order chi connectivity index (χ0) is 12.3. The van der Waals surface area contributed by atoms with Gasteiger partial charge in [0.15, 0.2) is 0 Å². The lowest BCUT2D eigenvalue weighted by Gasteiger charge is -2.36. The molecule has 0 radical (unpaired) electrons. The van der Waals surface area contributed by atoms with Gasteiger partial charge >= 0.3 is 0 Å². The van der Waals surface area contributed by atoms with Gasteiger partial charge in [0.25, 0.3) is 5.91 Å². The third-order valence-corrected chi connectivity index (χ3v) is 3.43. The number of carbonyl (C=O) groups excluding carboxylic acids is 1. The van der Waals surface area contributed by atoms with E-state index < -0.39 is 0 Å². The first-order valence-electron chi connectivity index (χ1n) is 5.96. The number of nitrogens with zero attached hydrogens (tertiary/aromatic N) is 1. The summed E-state index contributed by atoms with van der Waals surface area (Å²) in [5.41, 5.74) is 0.787. The topological polar surface area (TPSA) is 42.7 Å². The molecule has 1 aromatic heterocycles. The van der Waals surface area contributed by atoms with E-state index in [0.717, 1.165) is 32.6 Å². The van der Waals surface area contributed by atoms with E-state index in [0.29, 0.717) is 5.56 Å². The number of hydrogen-bond acceptors (Lipinski definition) is 3. The van der Waals surface area contributed by atoms with Crippen LogP contribution in [0.2, 0.25) is 0 Å². The van der Waals surface area contributed by atoms with Gasteiger partial charge in [-0.05, 0) is 24.3 Å². The number of amides is 1. The SMILES string of the molecule is CN(CC1(C)CCOCC1)C(=O)c1ccoc1. The van der Waals surface area contributed by atoms with Crippen molar-refractivity contribution in [1.82, 2.24) is 4.90 Å². The number of hydrogen-bond donors (Lipinski definition) is 0. The van der Waals surface area contributed by atoms with E-state index >= 15 is 0 Å². The first-order chi connectivity index (χ1) is 8.11. The van der Waals surface area contributed by atoms with Gasteiger partial charge in [-0.25, -0.2) is 0 Å². The van der Waals surface area contributed by atoms with Crippen LogP contribution in [0.3, 0.4) is 0 Å². The maximum atomic E-state index is 12.1. The highest BCUT2D eigenvalue weighted by Gasteiger charge is 2.30. The molecule has 2 rings (SSSR count). The van der Waals surface area contributed by atoms with Crippen LogP contribution in [-0.2, 0) is 4.74 Å². The lowest BCUT2D eigenvalue weighted by Crippen LogP contribution is -2.40. The van der Waals surface area contributed by atoms with Gasteiger partial charge in [-0.2, -0.15) is 0 Å². The highest BCUT2D eigenvalue weighted by Crippen LogP contribution is 2.30. The van der Waals surface area contributed by atoms with E-state index in [9.17, 15) is 4.79 Å². The average Bonchev–Trinajstić information content (AvgIpc) is 2.81. The Morgan fingerprint density at radius 3 is 2.76 bits per heavy atom. The standard InChI is InChI=1S/C13H19NO3/c1-13(4-7-16-8-5-13)10-14(2)12(15)11-3-6-17-9-11/h3,6,9H,4-5,7-8,10H2,1-2H3. The fourth-order valence-electron chi connectivity index (χ4n) is 2.27. The maximum Gasteiger partial charge on any atom is 0.256 e. The van der Waals surface area contributed by atoms with Gasteiger partial charge in [-0.3, -0.25) is 4.79 Å². The molecule has 94 valence electrons. The zero-order valence-corrected chi connectivity index (χ0v) is 10.4. The van der Waals surface area contributed by atoms with Crippen molar-refractivity contribution in [3.63, 3.8) is 0 Å². The van der Waals surface area contributed by atoms with Crippen LogP contribution in [-0.4, -0.2) is 37.6 Å². The molecule has 0 spiro atoms. The monoisotopic (exact) mass is 237 g/mol. The first kappa shape index (κ1) is 12.2. The Morgan fingerprint density at radius 1 is 1.47 bits per heavy atom. The fraction of sp³-hybridized carbons (Fsp3) is 0.615.